The first-order chi connectivity index (χ1) is 12.5. The van der Waals surface area contributed by atoms with Crippen LogP contribution in [0.15, 0.2) is 49.6 Å². The quantitative estimate of drug-likeness (QED) is 0.520. The highest BCUT2D eigenvalue weighted by atomic mass is 16.5. The maximum Gasteiger partial charge on any atom is 0.309 e. The van der Waals surface area contributed by atoms with E-state index in [2.05, 4.69) is 17.9 Å². The zero-order valence-electron chi connectivity index (χ0n) is 14.7. The van der Waals surface area contributed by atoms with Gasteiger partial charge in [-0.3, -0.25) is 19.3 Å². The molecule has 26 heavy (non-hydrogen) atoms. The van der Waals surface area contributed by atoms with Gasteiger partial charge >= 0.3 is 5.97 Å². The van der Waals surface area contributed by atoms with E-state index in [1.807, 2.05) is 0 Å². The molecular formula is C19H22N2O5. The van der Waals surface area contributed by atoms with Crippen LogP contribution in [0.1, 0.15) is 6.42 Å². The molecule has 1 aromatic carbocycles. The lowest BCUT2D eigenvalue weighted by Gasteiger charge is -2.34. The molecule has 0 aromatic heterocycles. The van der Waals surface area contributed by atoms with Gasteiger partial charge in [0.05, 0.1) is 19.2 Å². The number of ether oxygens (including phenoxy) is 2. The summed E-state index contributed by atoms with van der Waals surface area (Å²) in [5, 5.41) is 0. The van der Waals surface area contributed by atoms with Crippen LogP contribution in [0.3, 0.4) is 0 Å². The Morgan fingerprint density at radius 1 is 1.27 bits per heavy atom. The predicted octanol–water partition coefficient (Wildman–Crippen LogP) is 1.54. The van der Waals surface area contributed by atoms with Crippen molar-refractivity contribution >= 4 is 23.5 Å². The normalized spacial score (nSPS) is 15.5. The molecule has 1 aliphatic heterocycles. The molecule has 0 saturated heterocycles. The summed E-state index contributed by atoms with van der Waals surface area (Å²) in [6.07, 6.45) is 1.96. The van der Waals surface area contributed by atoms with Crippen molar-refractivity contribution in [2.75, 3.05) is 31.6 Å². The van der Waals surface area contributed by atoms with Crippen molar-refractivity contribution in [1.82, 2.24) is 4.90 Å². The number of hydrogen-bond donors (Lipinski definition) is 0. The van der Waals surface area contributed by atoms with Crippen LogP contribution in [0.5, 0.6) is 5.75 Å². The number of amides is 2. The first-order valence-corrected chi connectivity index (χ1v) is 8.15. The zero-order chi connectivity index (χ0) is 19.1. The van der Waals surface area contributed by atoms with Crippen LogP contribution < -0.4 is 9.64 Å². The Kier molecular flexibility index (Phi) is 6.54. The highest BCUT2D eigenvalue weighted by molar-refractivity contribution is 6.05. The minimum atomic E-state index is -1.03. The first kappa shape index (κ1) is 19.2. The molecule has 7 heteroatoms. The molecule has 0 aliphatic carbocycles. The van der Waals surface area contributed by atoms with Crippen LogP contribution in [0.4, 0.5) is 5.69 Å². The van der Waals surface area contributed by atoms with Crippen LogP contribution in [-0.2, 0) is 19.1 Å². The summed E-state index contributed by atoms with van der Waals surface area (Å²) in [5.74, 6) is -0.840. The molecule has 0 saturated carbocycles. The van der Waals surface area contributed by atoms with E-state index in [0.29, 0.717) is 24.5 Å². The second kappa shape index (κ2) is 8.84. The van der Waals surface area contributed by atoms with Crippen molar-refractivity contribution < 1.29 is 23.9 Å². The van der Waals surface area contributed by atoms with E-state index in [0.717, 1.165) is 0 Å². The third kappa shape index (κ3) is 4.30. The molecule has 0 N–H and O–H groups in total. The molecule has 138 valence electrons. The molecule has 0 radical (unpaired) electrons. The Bertz CT molecular complexity index is 706. The number of methoxy groups -OCH3 is 1. The Morgan fingerprint density at radius 3 is 2.54 bits per heavy atom. The Hall–Kier alpha value is -3.09. The highest BCUT2D eigenvalue weighted by Crippen LogP contribution is 2.34. The van der Waals surface area contributed by atoms with Crippen molar-refractivity contribution in [2.45, 2.75) is 12.5 Å². The topological polar surface area (TPSA) is 76.2 Å². The Balaban J connectivity index is 2.27. The number of hydrogen-bond acceptors (Lipinski definition) is 5. The Labute approximate surface area is 152 Å². The van der Waals surface area contributed by atoms with Crippen LogP contribution in [0.2, 0.25) is 0 Å². The highest BCUT2D eigenvalue weighted by Gasteiger charge is 2.37. The summed E-state index contributed by atoms with van der Waals surface area (Å²) < 4.78 is 10.3. The van der Waals surface area contributed by atoms with E-state index in [1.165, 1.54) is 16.9 Å². The molecule has 0 bridgehead atoms. The largest absolute Gasteiger partial charge is 0.478 e. The maximum absolute atomic E-state index is 12.8. The van der Waals surface area contributed by atoms with Crippen molar-refractivity contribution in [3.8, 4) is 5.75 Å². The van der Waals surface area contributed by atoms with E-state index in [1.54, 1.807) is 36.4 Å². The van der Waals surface area contributed by atoms with Crippen molar-refractivity contribution in [3.63, 3.8) is 0 Å². The van der Waals surface area contributed by atoms with Gasteiger partial charge in [-0.1, -0.05) is 24.3 Å². The number of esters is 1. The second-order valence-corrected chi connectivity index (χ2v) is 5.65. The molecule has 1 heterocycles. The van der Waals surface area contributed by atoms with E-state index >= 15 is 0 Å². The fourth-order valence-corrected chi connectivity index (χ4v) is 2.63. The number of fused-ring (bicyclic) bond motifs is 1. The third-order valence-corrected chi connectivity index (χ3v) is 3.89. The van der Waals surface area contributed by atoms with Crippen LogP contribution in [0, 0.1) is 0 Å². The average Bonchev–Trinajstić information content (AvgIpc) is 2.64. The molecule has 2 rings (SSSR count). The van der Waals surface area contributed by atoms with Gasteiger partial charge in [-0.25, -0.2) is 0 Å². The van der Waals surface area contributed by atoms with Gasteiger partial charge in [0, 0.05) is 13.1 Å². The van der Waals surface area contributed by atoms with E-state index < -0.39 is 18.0 Å². The molecule has 0 fully saturated rings. The number of rotatable bonds is 8. The lowest BCUT2D eigenvalue weighted by atomic mass is 10.1. The monoisotopic (exact) mass is 358 g/mol. The van der Waals surface area contributed by atoms with Gasteiger partial charge in [-0.15, -0.1) is 13.2 Å². The number of carbonyl (C=O) groups excluding carboxylic acids is 3. The molecular weight excluding hydrogens is 336 g/mol. The van der Waals surface area contributed by atoms with Crippen molar-refractivity contribution in [2.24, 2.45) is 0 Å². The summed E-state index contributed by atoms with van der Waals surface area (Å²) in [7, 11) is 1.24. The van der Waals surface area contributed by atoms with E-state index in [4.69, 9.17) is 4.74 Å². The van der Waals surface area contributed by atoms with Crippen molar-refractivity contribution in [1.29, 1.82) is 0 Å². The number of anilines is 1. The summed E-state index contributed by atoms with van der Waals surface area (Å²) in [6, 6.07) is 6.89. The number of carbonyl (C=O) groups is 3. The first-order valence-electron chi connectivity index (χ1n) is 8.15. The number of benzene rings is 1. The molecule has 7 nitrogen and oxygen atoms in total. The van der Waals surface area contributed by atoms with E-state index in [-0.39, 0.29) is 18.9 Å². The molecule has 1 aliphatic rings. The molecule has 0 spiro atoms. The molecule has 0 unspecified atom stereocenters. The van der Waals surface area contributed by atoms with Crippen molar-refractivity contribution in [3.05, 3.63) is 49.6 Å². The maximum atomic E-state index is 12.8. The van der Waals surface area contributed by atoms with E-state index in [9.17, 15) is 14.4 Å². The average molecular weight is 358 g/mol. The van der Waals surface area contributed by atoms with Gasteiger partial charge in [0.1, 0.15) is 12.3 Å². The standard InChI is InChI=1S/C19H22N2O5/c1-4-10-20(11-5-2)17(22)13-21-14-8-6-7-9-15(14)26-16(19(21)24)12-18(23)25-3/h4-9,16H,1-2,10-13H2,3H3/t16-/m0/s1. The van der Waals surface area contributed by atoms with Gasteiger partial charge in [-0.05, 0) is 12.1 Å². The molecule has 1 aromatic rings. The van der Waals surface area contributed by atoms with Gasteiger partial charge < -0.3 is 14.4 Å². The summed E-state index contributed by atoms with van der Waals surface area (Å²) >= 11 is 0. The fraction of sp³-hybridized carbons (Fsp3) is 0.316. The third-order valence-electron chi connectivity index (χ3n) is 3.89. The second-order valence-electron chi connectivity index (χ2n) is 5.65. The SMILES string of the molecule is C=CCN(CC=C)C(=O)CN1C(=O)[C@H](CC(=O)OC)Oc2ccccc21. The number of nitrogens with zero attached hydrogens (tertiary/aromatic N) is 2. The molecule has 1 atom stereocenters. The van der Waals surface area contributed by atoms with Crippen LogP contribution in [0.25, 0.3) is 0 Å². The van der Waals surface area contributed by atoms with Crippen LogP contribution in [-0.4, -0.2) is 55.5 Å². The van der Waals surface area contributed by atoms with Gasteiger partial charge in [0.25, 0.3) is 5.91 Å². The summed E-state index contributed by atoms with van der Waals surface area (Å²) in [5.41, 5.74) is 0.490. The van der Waals surface area contributed by atoms with Gasteiger partial charge in [0.15, 0.2) is 6.10 Å². The smallest absolute Gasteiger partial charge is 0.309 e. The minimum absolute atomic E-state index is 0.168. The summed E-state index contributed by atoms with van der Waals surface area (Å²) in [6.45, 7) is 7.79. The molecule has 2 amide bonds. The minimum Gasteiger partial charge on any atom is -0.478 e. The van der Waals surface area contributed by atoms with Gasteiger partial charge in [0.2, 0.25) is 5.91 Å². The fourth-order valence-electron chi connectivity index (χ4n) is 2.63. The number of para-hydroxylation sites is 2. The predicted molar refractivity (Wildman–Crippen MR) is 96.8 cm³/mol. The lowest BCUT2D eigenvalue weighted by Crippen LogP contribution is -2.51. The Morgan fingerprint density at radius 2 is 1.92 bits per heavy atom. The van der Waals surface area contributed by atoms with Crippen LogP contribution >= 0.6 is 0 Å². The zero-order valence-corrected chi connectivity index (χ0v) is 14.7. The summed E-state index contributed by atoms with van der Waals surface area (Å²) in [4.78, 5) is 39.9. The van der Waals surface area contributed by atoms with Gasteiger partial charge in [-0.2, -0.15) is 0 Å². The lowest BCUT2D eigenvalue weighted by molar-refractivity contribution is -0.145.